The molecule has 3 aromatic rings. The summed E-state index contributed by atoms with van der Waals surface area (Å²) in [4.78, 5) is 27.9. The molecule has 0 saturated heterocycles. The minimum atomic E-state index is -0.527. The molecule has 0 bridgehead atoms. The zero-order valence-electron chi connectivity index (χ0n) is 15.7. The van der Waals surface area contributed by atoms with Gasteiger partial charge in [-0.25, -0.2) is 9.37 Å². The Hall–Kier alpha value is -3.06. The van der Waals surface area contributed by atoms with Crippen LogP contribution < -0.4 is 10.6 Å². The van der Waals surface area contributed by atoms with Crippen LogP contribution in [0.5, 0.6) is 0 Å². The molecule has 0 aliphatic rings. The summed E-state index contributed by atoms with van der Waals surface area (Å²) in [7, 11) is 0. The van der Waals surface area contributed by atoms with Gasteiger partial charge in [-0.15, -0.1) is 11.3 Å². The maximum atomic E-state index is 14.1. The van der Waals surface area contributed by atoms with Crippen molar-refractivity contribution in [2.75, 3.05) is 5.32 Å². The average Bonchev–Trinajstić information content (AvgIpc) is 3.12. The summed E-state index contributed by atoms with van der Waals surface area (Å²) in [5.74, 6) is -1.14. The van der Waals surface area contributed by atoms with Gasteiger partial charge in [0.15, 0.2) is 5.13 Å². The molecule has 0 aliphatic carbocycles. The predicted octanol–water partition coefficient (Wildman–Crippen LogP) is 4.71. The lowest BCUT2D eigenvalue weighted by Gasteiger charge is -2.13. The first kappa shape index (κ1) is 19.7. The fraction of sp³-hybridized carbons (Fsp3) is 0.190. The van der Waals surface area contributed by atoms with Crippen molar-refractivity contribution in [3.05, 3.63) is 70.4 Å². The Bertz CT molecular complexity index is 1010. The van der Waals surface area contributed by atoms with E-state index in [1.54, 1.807) is 19.1 Å². The van der Waals surface area contributed by atoms with E-state index in [2.05, 4.69) is 15.6 Å². The largest absolute Gasteiger partial charge is 0.350 e. The van der Waals surface area contributed by atoms with Gasteiger partial charge in [-0.1, -0.05) is 36.4 Å². The molecule has 2 N–H and O–H groups in total. The van der Waals surface area contributed by atoms with Crippen LogP contribution in [0, 0.1) is 12.7 Å². The second-order valence-electron chi connectivity index (χ2n) is 6.47. The number of amides is 2. The molecular formula is C21H20FN3O2S. The molecule has 0 aliphatic heterocycles. The van der Waals surface area contributed by atoms with Crippen LogP contribution in [0.15, 0.2) is 47.8 Å². The van der Waals surface area contributed by atoms with Crippen molar-refractivity contribution in [1.82, 2.24) is 10.3 Å². The topological polar surface area (TPSA) is 71.1 Å². The number of aromatic nitrogens is 1. The third kappa shape index (κ3) is 4.43. The summed E-state index contributed by atoms with van der Waals surface area (Å²) in [5, 5.41) is 7.71. The van der Waals surface area contributed by atoms with Gasteiger partial charge in [0.25, 0.3) is 5.91 Å². The molecular weight excluding hydrogens is 377 g/mol. The number of hydrogen-bond donors (Lipinski definition) is 2. The number of hydrogen-bond acceptors (Lipinski definition) is 4. The first-order valence-corrected chi connectivity index (χ1v) is 9.62. The SMILES string of the molecule is CC(=O)NC(C)c1ccc(-c2csc(NC(=O)c3cccc(C)c3F)n2)cc1. The zero-order valence-corrected chi connectivity index (χ0v) is 16.6. The van der Waals surface area contributed by atoms with Crippen LogP contribution in [0.3, 0.4) is 0 Å². The Labute approximate surface area is 166 Å². The molecule has 2 amide bonds. The van der Waals surface area contributed by atoms with E-state index < -0.39 is 11.7 Å². The summed E-state index contributed by atoms with van der Waals surface area (Å²) < 4.78 is 14.1. The Balaban J connectivity index is 1.72. The lowest BCUT2D eigenvalue weighted by molar-refractivity contribution is -0.119. The fourth-order valence-electron chi connectivity index (χ4n) is 2.78. The molecule has 0 spiro atoms. The molecule has 1 aromatic heterocycles. The number of rotatable bonds is 5. The lowest BCUT2D eigenvalue weighted by atomic mass is 10.1. The molecule has 28 heavy (non-hydrogen) atoms. The van der Waals surface area contributed by atoms with Crippen LogP contribution in [0.2, 0.25) is 0 Å². The third-order valence-electron chi connectivity index (χ3n) is 4.29. The second kappa shape index (κ2) is 8.31. The Kier molecular flexibility index (Phi) is 5.84. The normalized spacial score (nSPS) is 11.7. The van der Waals surface area contributed by atoms with E-state index in [-0.39, 0.29) is 17.5 Å². The summed E-state index contributed by atoms with van der Waals surface area (Å²) >= 11 is 1.27. The lowest BCUT2D eigenvalue weighted by Crippen LogP contribution is -2.23. The van der Waals surface area contributed by atoms with Gasteiger partial charge in [-0.2, -0.15) is 0 Å². The first-order valence-electron chi connectivity index (χ1n) is 8.74. The van der Waals surface area contributed by atoms with Crippen molar-refractivity contribution in [2.24, 2.45) is 0 Å². The molecule has 1 unspecified atom stereocenters. The predicted molar refractivity (Wildman–Crippen MR) is 109 cm³/mol. The van der Waals surface area contributed by atoms with Gasteiger partial charge in [-0.3, -0.25) is 14.9 Å². The average molecular weight is 397 g/mol. The van der Waals surface area contributed by atoms with Crippen LogP contribution in [0.1, 0.15) is 41.4 Å². The standard InChI is InChI=1S/C21H20FN3O2S/c1-12-5-4-6-17(19(12)22)20(27)25-21-24-18(11-28-21)16-9-7-15(8-10-16)13(2)23-14(3)26/h4-11,13H,1-3H3,(H,23,26)(H,24,25,27). The second-order valence-corrected chi connectivity index (χ2v) is 7.33. The maximum Gasteiger partial charge on any atom is 0.260 e. The van der Waals surface area contributed by atoms with Crippen molar-refractivity contribution in [3.63, 3.8) is 0 Å². The van der Waals surface area contributed by atoms with Gasteiger partial charge in [0.1, 0.15) is 5.82 Å². The number of nitrogens with one attached hydrogen (secondary N) is 2. The van der Waals surface area contributed by atoms with Crippen molar-refractivity contribution < 1.29 is 14.0 Å². The van der Waals surface area contributed by atoms with Crippen LogP contribution in [0.4, 0.5) is 9.52 Å². The van der Waals surface area contributed by atoms with E-state index in [1.807, 2.05) is 36.6 Å². The van der Waals surface area contributed by atoms with Crippen molar-refractivity contribution >= 4 is 28.3 Å². The van der Waals surface area contributed by atoms with Gasteiger partial charge < -0.3 is 5.32 Å². The highest BCUT2D eigenvalue weighted by molar-refractivity contribution is 7.14. The Morgan fingerprint density at radius 3 is 2.54 bits per heavy atom. The number of carbonyl (C=O) groups excluding carboxylic acids is 2. The van der Waals surface area contributed by atoms with Gasteiger partial charge in [0.05, 0.1) is 17.3 Å². The van der Waals surface area contributed by atoms with E-state index in [0.717, 1.165) is 11.1 Å². The molecule has 7 heteroatoms. The number of carbonyl (C=O) groups is 2. The van der Waals surface area contributed by atoms with E-state index in [9.17, 15) is 14.0 Å². The van der Waals surface area contributed by atoms with E-state index in [4.69, 9.17) is 0 Å². The molecule has 2 aromatic carbocycles. The summed E-state index contributed by atoms with van der Waals surface area (Å²) in [6, 6.07) is 12.3. The maximum absolute atomic E-state index is 14.1. The van der Waals surface area contributed by atoms with Gasteiger partial charge in [0, 0.05) is 17.9 Å². The number of halogens is 1. The van der Waals surface area contributed by atoms with Crippen LogP contribution >= 0.6 is 11.3 Å². The zero-order chi connectivity index (χ0) is 20.3. The van der Waals surface area contributed by atoms with Crippen molar-refractivity contribution in [1.29, 1.82) is 0 Å². The summed E-state index contributed by atoms with van der Waals surface area (Å²) in [5.41, 5.74) is 2.99. The minimum Gasteiger partial charge on any atom is -0.350 e. The van der Waals surface area contributed by atoms with Gasteiger partial charge in [0.2, 0.25) is 5.91 Å². The molecule has 5 nitrogen and oxygen atoms in total. The summed E-state index contributed by atoms with van der Waals surface area (Å²) in [6.45, 7) is 5.01. The molecule has 144 valence electrons. The van der Waals surface area contributed by atoms with Gasteiger partial charge >= 0.3 is 0 Å². The number of thiazole rings is 1. The molecule has 0 fully saturated rings. The first-order chi connectivity index (χ1) is 13.3. The van der Waals surface area contributed by atoms with E-state index in [0.29, 0.717) is 16.4 Å². The van der Waals surface area contributed by atoms with Crippen LogP contribution in [0.25, 0.3) is 11.3 Å². The molecule has 1 atom stereocenters. The molecule has 0 saturated carbocycles. The van der Waals surface area contributed by atoms with E-state index >= 15 is 0 Å². The van der Waals surface area contributed by atoms with Crippen LogP contribution in [-0.2, 0) is 4.79 Å². The van der Waals surface area contributed by atoms with Gasteiger partial charge in [-0.05, 0) is 31.0 Å². The summed E-state index contributed by atoms with van der Waals surface area (Å²) in [6.07, 6.45) is 0. The fourth-order valence-corrected chi connectivity index (χ4v) is 3.50. The monoisotopic (exact) mass is 397 g/mol. The highest BCUT2D eigenvalue weighted by Crippen LogP contribution is 2.27. The highest BCUT2D eigenvalue weighted by atomic mass is 32.1. The van der Waals surface area contributed by atoms with E-state index in [1.165, 1.54) is 24.3 Å². The number of aryl methyl sites for hydroxylation is 1. The Morgan fingerprint density at radius 2 is 1.86 bits per heavy atom. The van der Waals surface area contributed by atoms with Crippen molar-refractivity contribution in [2.45, 2.75) is 26.8 Å². The Morgan fingerprint density at radius 1 is 1.14 bits per heavy atom. The quantitative estimate of drug-likeness (QED) is 0.655. The molecule has 3 rings (SSSR count). The number of benzene rings is 2. The van der Waals surface area contributed by atoms with Crippen LogP contribution in [-0.4, -0.2) is 16.8 Å². The minimum absolute atomic E-state index is 0.00642. The number of nitrogens with zero attached hydrogens (tertiary/aromatic N) is 1. The number of anilines is 1. The molecule has 0 radical (unpaired) electrons. The smallest absolute Gasteiger partial charge is 0.260 e. The van der Waals surface area contributed by atoms with Crippen molar-refractivity contribution in [3.8, 4) is 11.3 Å². The molecule has 1 heterocycles. The highest BCUT2D eigenvalue weighted by Gasteiger charge is 2.15. The third-order valence-corrected chi connectivity index (χ3v) is 5.05.